The van der Waals surface area contributed by atoms with Gasteiger partial charge in [-0.1, -0.05) is 13.3 Å². The van der Waals surface area contributed by atoms with Crippen LogP contribution in [0.2, 0.25) is 0 Å². The molecule has 0 spiro atoms. The van der Waals surface area contributed by atoms with E-state index in [0.29, 0.717) is 6.42 Å². The van der Waals surface area contributed by atoms with Gasteiger partial charge in [0.2, 0.25) is 17.7 Å². The van der Waals surface area contributed by atoms with E-state index >= 15 is 0 Å². The zero-order valence-corrected chi connectivity index (χ0v) is 9.31. The smallest absolute Gasteiger partial charge is 0.240 e. The molecular formula is C9H18N4O3. The molecule has 16 heavy (non-hydrogen) atoms. The van der Waals surface area contributed by atoms with Gasteiger partial charge in [-0.3, -0.25) is 14.4 Å². The third-order valence-electron chi connectivity index (χ3n) is 1.92. The molecule has 1 atom stereocenters. The number of hydrogen-bond acceptors (Lipinski definition) is 4. The summed E-state index contributed by atoms with van der Waals surface area (Å²) in [6.45, 7) is 1.18. The minimum Gasteiger partial charge on any atom is -0.368 e. The van der Waals surface area contributed by atoms with Crippen molar-refractivity contribution >= 4 is 17.7 Å². The van der Waals surface area contributed by atoms with E-state index in [2.05, 4.69) is 0 Å². The Balaban J connectivity index is 4.54. The van der Waals surface area contributed by atoms with Gasteiger partial charge in [0.1, 0.15) is 0 Å². The second kappa shape index (κ2) is 6.78. The van der Waals surface area contributed by atoms with Gasteiger partial charge >= 0.3 is 0 Å². The fourth-order valence-corrected chi connectivity index (χ4v) is 1.26. The number of rotatable bonds is 7. The molecule has 7 nitrogen and oxygen atoms in total. The van der Waals surface area contributed by atoms with Crippen molar-refractivity contribution in [2.24, 2.45) is 17.2 Å². The van der Waals surface area contributed by atoms with Crippen LogP contribution in [0, 0.1) is 0 Å². The van der Waals surface area contributed by atoms with E-state index in [4.69, 9.17) is 17.2 Å². The van der Waals surface area contributed by atoms with Gasteiger partial charge < -0.3 is 22.1 Å². The lowest BCUT2D eigenvalue weighted by molar-refractivity contribution is -0.139. The summed E-state index contributed by atoms with van der Waals surface area (Å²) < 4.78 is 0. The first-order valence-corrected chi connectivity index (χ1v) is 4.99. The quantitative estimate of drug-likeness (QED) is 0.462. The third-order valence-corrected chi connectivity index (χ3v) is 1.92. The van der Waals surface area contributed by atoms with Gasteiger partial charge in [-0.05, 0) is 6.42 Å². The van der Waals surface area contributed by atoms with Crippen molar-refractivity contribution in [3.63, 3.8) is 0 Å². The van der Waals surface area contributed by atoms with Gasteiger partial charge in [-0.25, -0.2) is 0 Å². The second-order valence-electron chi connectivity index (χ2n) is 3.52. The van der Waals surface area contributed by atoms with E-state index in [1.807, 2.05) is 6.92 Å². The Hall–Kier alpha value is -1.63. The molecule has 0 aliphatic heterocycles. The summed E-state index contributed by atoms with van der Waals surface area (Å²) in [4.78, 5) is 34.1. The Kier molecular flexibility index (Phi) is 6.09. The molecule has 0 aromatic rings. The zero-order valence-electron chi connectivity index (χ0n) is 9.31. The predicted molar refractivity (Wildman–Crippen MR) is 57.9 cm³/mol. The highest BCUT2D eigenvalue weighted by molar-refractivity contribution is 5.90. The van der Waals surface area contributed by atoms with Crippen molar-refractivity contribution in [1.82, 2.24) is 4.90 Å². The van der Waals surface area contributed by atoms with Crippen LogP contribution in [0.1, 0.15) is 19.8 Å². The summed E-state index contributed by atoms with van der Waals surface area (Å²) in [5.74, 6) is -1.91. The molecule has 0 radical (unpaired) electrons. The number of amides is 3. The van der Waals surface area contributed by atoms with E-state index in [1.54, 1.807) is 0 Å². The monoisotopic (exact) mass is 230 g/mol. The first-order valence-electron chi connectivity index (χ1n) is 4.99. The number of nitrogens with zero attached hydrogens (tertiary/aromatic N) is 1. The molecule has 0 saturated heterocycles. The van der Waals surface area contributed by atoms with Crippen LogP contribution < -0.4 is 17.2 Å². The lowest BCUT2D eigenvalue weighted by atomic mass is 10.1. The highest BCUT2D eigenvalue weighted by Gasteiger charge is 2.22. The third kappa shape index (κ3) is 5.30. The summed E-state index contributed by atoms with van der Waals surface area (Å²) in [5, 5.41) is 0. The Morgan fingerprint density at radius 3 is 1.88 bits per heavy atom. The molecule has 0 saturated carbocycles. The topological polar surface area (TPSA) is 133 Å². The van der Waals surface area contributed by atoms with Gasteiger partial charge in [-0.15, -0.1) is 0 Å². The van der Waals surface area contributed by atoms with Crippen LogP contribution in [0.3, 0.4) is 0 Å². The van der Waals surface area contributed by atoms with E-state index < -0.39 is 23.8 Å². The lowest BCUT2D eigenvalue weighted by Crippen LogP contribution is -2.49. The van der Waals surface area contributed by atoms with Crippen LogP contribution in [0.4, 0.5) is 0 Å². The Morgan fingerprint density at radius 2 is 1.56 bits per heavy atom. The van der Waals surface area contributed by atoms with Crippen molar-refractivity contribution in [2.45, 2.75) is 25.8 Å². The number of hydrogen-bond donors (Lipinski definition) is 3. The maximum absolute atomic E-state index is 11.7. The molecule has 7 heteroatoms. The predicted octanol–water partition coefficient (Wildman–Crippen LogP) is -2.09. The van der Waals surface area contributed by atoms with Crippen molar-refractivity contribution in [1.29, 1.82) is 0 Å². The van der Waals surface area contributed by atoms with Gasteiger partial charge in [-0.2, -0.15) is 0 Å². The lowest BCUT2D eigenvalue weighted by Gasteiger charge is -2.22. The Bertz CT molecular complexity index is 264. The fourth-order valence-electron chi connectivity index (χ4n) is 1.26. The molecule has 0 aromatic heterocycles. The van der Waals surface area contributed by atoms with E-state index in [9.17, 15) is 14.4 Å². The van der Waals surface area contributed by atoms with Crippen molar-refractivity contribution in [2.75, 3.05) is 13.1 Å². The van der Waals surface area contributed by atoms with Crippen LogP contribution in [0.15, 0.2) is 0 Å². The number of carbonyl (C=O) groups excluding carboxylic acids is 3. The van der Waals surface area contributed by atoms with E-state index in [1.165, 1.54) is 0 Å². The maximum Gasteiger partial charge on any atom is 0.240 e. The largest absolute Gasteiger partial charge is 0.368 e. The van der Waals surface area contributed by atoms with Crippen molar-refractivity contribution < 1.29 is 14.4 Å². The minimum atomic E-state index is -0.733. The van der Waals surface area contributed by atoms with Crippen LogP contribution in [-0.4, -0.2) is 41.8 Å². The Labute approximate surface area is 93.9 Å². The second-order valence-corrected chi connectivity index (χ2v) is 3.52. The van der Waals surface area contributed by atoms with Crippen molar-refractivity contribution in [3.8, 4) is 0 Å². The highest BCUT2D eigenvalue weighted by Crippen LogP contribution is 1.99. The molecule has 6 N–H and O–H groups in total. The maximum atomic E-state index is 11.7. The van der Waals surface area contributed by atoms with Gasteiger partial charge in [0, 0.05) is 0 Å². The van der Waals surface area contributed by atoms with E-state index in [-0.39, 0.29) is 13.1 Å². The molecule has 1 unspecified atom stereocenters. The van der Waals surface area contributed by atoms with Crippen LogP contribution in [-0.2, 0) is 14.4 Å². The SMILES string of the molecule is CCCC(N)C(=O)N(CC(N)=O)CC(N)=O. The van der Waals surface area contributed by atoms with Gasteiger partial charge in [0.05, 0.1) is 19.1 Å². The first-order chi connectivity index (χ1) is 7.38. The summed E-state index contributed by atoms with van der Waals surface area (Å²) in [7, 11) is 0. The normalized spacial score (nSPS) is 11.9. The fraction of sp³-hybridized carbons (Fsp3) is 0.667. The molecule has 0 aliphatic carbocycles. The van der Waals surface area contributed by atoms with Crippen LogP contribution in [0.25, 0.3) is 0 Å². The summed E-state index contributed by atoms with van der Waals surface area (Å²) in [6.07, 6.45) is 1.21. The standard InChI is InChI=1S/C9H18N4O3/c1-2-3-6(10)9(16)13(4-7(11)14)5-8(12)15/h6H,2-5,10H2,1H3,(H2,11,14)(H2,12,15). The number of nitrogens with two attached hydrogens (primary N) is 3. The van der Waals surface area contributed by atoms with Gasteiger partial charge in [0.15, 0.2) is 0 Å². The van der Waals surface area contributed by atoms with Crippen LogP contribution in [0.5, 0.6) is 0 Å². The van der Waals surface area contributed by atoms with E-state index in [0.717, 1.165) is 11.3 Å². The number of carbonyl (C=O) groups is 3. The zero-order chi connectivity index (χ0) is 12.7. The minimum absolute atomic E-state index is 0.348. The molecule has 0 aliphatic rings. The average molecular weight is 230 g/mol. The molecule has 0 bridgehead atoms. The highest BCUT2D eigenvalue weighted by atomic mass is 16.2. The molecule has 0 rings (SSSR count). The first kappa shape index (κ1) is 14.4. The van der Waals surface area contributed by atoms with Crippen molar-refractivity contribution in [3.05, 3.63) is 0 Å². The molecule has 0 fully saturated rings. The number of primary amides is 2. The summed E-state index contributed by atoms with van der Waals surface area (Å²) in [5.41, 5.74) is 15.5. The summed E-state index contributed by atoms with van der Waals surface area (Å²) in [6, 6.07) is -0.733. The van der Waals surface area contributed by atoms with Gasteiger partial charge in [0.25, 0.3) is 0 Å². The van der Waals surface area contributed by atoms with Crippen LogP contribution >= 0.6 is 0 Å². The molecular weight excluding hydrogens is 212 g/mol. The molecule has 0 heterocycles. The summed E-state index contributed by atoms with van der Waals surface area (Å²) >= 11 is 0. The Morgan fingerprint density at radius 1 is 1.12 bits per heavy atom. The average Bonchev–Trinajstić information content (AvgIpc) is 2.14. The molecule has 0 aromatic carbocycles. The molecule has 3 amide bonds. The molecule has 92 valence electrons.